The largest absolute Gasteiger partial charge is 0.388 e. The molecule has 2 rings (SSSR count). The van der Waals surface area contributed by atoms with E-state index in [1.54, 1.807) is 6.92 Å². The van der Waals surface area contributed by atoms with Gasteiger partial charge in [-0.25, -0.2) is 8.78 Å². The molecule has 0 bridgehead atoms. The SMILES string of the molecule is Cc1ccc(F)c(C(O)CCC2CCCCO2)c1F. The molecule has 0 radical (unpaired) electrons. The van der Waals surface area contributed by atoms with Crippen molar-refractivity contribution >= 4 is 0 Å². The molecule has 1 aromatic rings. The highest BCUT2D eigenvalue weighted by Crippen LogP contribution is 2.28. The molecule has 1 fully saturated rings. The first-order valence-electron chi connectivity index (χ1n) is 6.83. The predicted molar refractivity (Wildman–Crippen MR) is 68.9 cm³/mol. The lowest BCUT2D eigenvalue weighted by atomic mass is 9.97. The van der Waals surface area contributed by atoms with Crippen LogP contribution in [0.4, 0.5) is 8.78 Å². The van der Waals surface area contributed by atoms with Crippen molar-refractivity contribution < 1.29 is 18.6 Å². The molecular weight excluding hydrogens is 250 g/mol. The van der Waals surface area contributed by atoms with Crippen molar-refractivity contribution in [2.24, 2.45) is 0 Å². The Morgan fingerprint density at radius 3 is 2.84 bits per heavy atom. The molecule has 0 spiro atoms. The lowest BCUT2D eigenvalue weighted by Gasteiger charge is -2.23. The third-order valence-electron chi connectivity index (χ3n) is 3.69. The Balaban J connectivity index is 1.99. The van der Waals surface area contributed by atoms with E-state index in [1.807, 2.05) is 0 Å². The molecule has 0 aromatic heterocycles. The van der Waals surface area contributed by atoms with Crippen LogP contribution in [0.15, 0.2) is 12.1 Å². The fourth-order valence-electron chi connectivity index (χ4n) is 2.51. The van der Waals surface area contributed by atoms with E-state index in [4.69, 9.17) is 4.74 Å². The molecule has 2 nitrogen and oxygen atoms in total. The Bertz CT molecular complexity index is 428. The third-order valence-corrected chi connectivity index (χ3v) is 3.69. The Hall–Kier alpha value is -1.00. The van der Waals surface area contributed by atoms with Crippen molar-refractivity contribution in [2.45, 2.75) is 51.2 Å². The summed E-state index contributed by atoms with van der Waals surface area (Å²) >= 11 is 0. The number of hydrogen-bond donors (Lipinski definition) is 1. The maximum absolute atomic E-state index is 13.8. The second-order valence-electron chi connectivity index (χ2n) is 5.17. The van der Waals surface area contributed by atoms with E-state index in [-0.39, 0.29) is 11.7 Å². The Labute approximate surface area is 112 Å². The van der Waals surface area contributed by atoms with Gasteiger partial charge in [0, 0.05) is 6.61 Å². The number of aliphatic hydroxyl groups is 1. The maximum Gasteiger partial charge on any atom is 0.134 e. The fraction of sp³-hybridized carbons (Fsp3) is 0.600. The highest BCUT2D eigenvalue weighted by molar-refractivity contribution is 5.28. The molecular formula is C15H20F2O2. The van der Waals surface area contributed by atoms with Crippen molar-refractivity contribution in [1.29, 1.82) is 0 Å². The van der Waals surface area contributed by atoms with E-state index in [0.29, 0.717) is 18.4 Å². The lowest BCUT2D eigenvalue weighted by molar-refractivity contribution is 0.00164. The van der Waals surface area contributed by atoms with Crippen LogP contribution in [-0.2, 0) is 4.74 Å². The number of hydrogen-bond acceptors (Lipinski definition) is 2. The predicted octanol–water partition coefficient (Wildman–Crippen LogP) is 3.66. The van der Waals surface area contributed by atoms with Gasteiger partial charge < -0.3 is 9.84 Å². The summed E-state index contributed by atoms with van der Waals surface area (Å²) in [5.74, 6) is -1.32. The zero-order valence-electron chi connectivity index (χ0n) is 11.2. The van der Waals surface area contributed by atoms with Crippen molar-refractivity contribution in [3.8, 4) is 0 Å². The number of benzene rings is 1. The Morgan fingerprint density at radius 2 is 2.16 bits per heavy atom. The normalized spacial score (nSPS) is 21.4. The van der Waals surface area contributed by atoms with Crippen LogP contribution in [0, 0.1) is 18.6 Å². The summed E-state index contributed by atoms with van der Waals surface area (Å²) in [5.41, 5.74) is 0.139. The van der Waals surface area contributed by atoms with Crippen LogP contribution in [0.2, 0.25) is 0 Å². The summed E-state index contributed by atoms with van der Waals surface area (Å²) in [6.45, 7) is 2.31. The van der Waals surface area contributed by atoms with E-state index in [1.165, 1.54) is 12.1 Å². The average Bonchev–Trinajstić information content (AvgIpc) is 2.42. The van der Waals surface area contributed by atoms with E-state index >= 15 is 0 Å². The van der Waals surface area contributed by atoms with Gasteiger partial charge in [-0.2, -0.15) is 0 Å². The zero-order valence-corrected chi connectivity index (χ0v) is 11.2. The monoisotopic (exact) mass is 270 g/mol. The maximum atomic E-state index is 13.8. The van der Waals surface area contributed by atoms with Crippen molar-refractivity contribution in [3.63, 3.8) is 0 Å². The summed E-state index contributed by atoms with van der Waals surface area (Å²) in [5, 5.41) is 10.0. The van der Waals surface area contributed by atoms with Crippen LogP contribution in [-0.4, -0.2) is 17.8 Å². The minimum atomic E-state index is -1.11. The smallest absolute Gasteiger partial charge is 0.134 e. The standard InChI is InChI=1S/C15H20F2O2/c1-10-5-7-12(16)14(15(10)17)13(18)8-6-11-4-2-3-9-19-11/h5,7,11,13,18H,2-4,6,8-9H2,1H3. The molecule has 0 saturated carbocycles. The summed E-state index contributed by atoms with van der Waals surface area (Å²) in [6, 6.07) is 2.58. The number of halogens is 2. The van der Waals surface area contributed by atoms with E-state index in [2.05, 4.69) is 0 Å². The molecule has 2 atom stereocenters. The average molecular weight is 270 g/mol. The highest BCUT2D eigenvalue weighted by Gasteiger charge is 2.22. The quantitative estimate of drug-likeness (QED) is 0.904. The second kappa shape index (κ2) is 6.44. The topological polar surface area (TPSA) is 29.5 Å². The Kier molecular flexibility index (Phi) is 4.88. The van der Waals surface area contributed by atoms with E-state index < -0.39 is 17.7 Å². The number of rotatable bonds is 4. The molecule has 0 amide bonds. The molecule has 1 saturated heterocycles. The van der Waals surface area contributed by atoms with Gasteiger partial charge >= 0.3 is 0 Å². The van der Waals surface area contributed by atoms with E-state index in [9.17, 15) is 13.9 Å². The molecule has 1 N–H and O–H groups in total. The molecule has 1 heterocycles. The first-order chi connectivity index (χ1) is 9.09. The summed E-state index contributed by atoms with van der Waals surface area (Å²) in [4.78, 5) is 0. The van der Waals surface area contributed by atoms with Crippen LogP contribution >= 0.6 is 0 Å². The van der Waals surface area contributed by atoms with Crippen LogP contribution in [0.5, 0.6) is 0 Å². The third kappa shape index (κ3) is 3.51. The van der Waals surface area contributed by atoms with Crippen molar-refractivity contribution in [1.82, 2.24) is 0 Å². The molecule has 0 aliphatic carbocycles. The molecule has 1 aromatic carbocycles. The fourth-order valence-corrected chi connectivity index (χ4v) is 2.51. The highest BCUT2D eigenvalue weighted by atomic mass is 19.1. The second-order valence-corrected chi connectivity index (χ2v) is 5.17. The van der Waals surface area contributed by atoms with Gasteiger partial charge in [-0.15, -0.1) is 0 Å². The molecule has 19 heavy (non-hydrogen) atoms. The number of aliphatic hydroxyl groups excluding tert-OH is 1. The Morgan fingerprint density at radius 1 is 1.37 bits per heavy atom. The molecule has 4 heteroatoms. The van der Waals surface area contributed by atoms with Crippen LogP contribution in [0.3, 0.4) is 0 Å². The van der Waals surface area contributed by atoms with Crippen LogP contribution < -0.4 is 0 Å². The molecule has 106 valence electrons. The van der Waals surface area contributed by atoms with Gasteiger partial charge in [0.1, 0.15) is 11.6 Å². The molecule has 1 aliphatic rings. The van der Waals surface area contributed by atoms with Crippen LogP contribution in [0.1, 0.15) is 49.3 Å². The van der Waals surface area contributed by atoms with Crippen molar-refractivity contribution in [3.05, 3.63) is 34.9 Å². The number of ether oxygens (including phenoxy) is 1. The van der Waals surface area contributed by atoms with Gasteiger partial charge in [0.05, 0.1) is 17.8 Å². The summed E-state index contributed by atoms with van der Waals surface area (Å²) in [6.07, 6.45) is 3.11. The first-order valence-corrected chi connectivity index (χ1v) is 6.83. The molecule has 1 aliphatic heterocycles. The van der Waals surface area contributed by atoms with Gasteiger partial charge in [-0.3, -0.25) is 0 Å². The minimum Gasteiger partial charge on any atom is -0.388 e. The van der Waals surface area contributed by atoms with Gasteiger partial charge in [0.25, 0.3) is 0 Å². The van der Waals surface area contributed by atoms with Gasteiger partial charge in [-0.1, -0.05) is 6.07 Å². The van der Waals surface area contributed by atoms with E-state index in [0.717, 1.165) is 25.9 Å². The van der Waals surface area contributed by atoms with Gasteiger partial charge in [0.2, 0.25) is 0 Å². The van der Waals surface area contributed by atoms with Crippen LogP contribution in [0.25, 0.3) is 0 Å². The van der Waals surface area contributed by atoms with Crippen molar-refractivity contribution in [2.75, 3.05) is 6.61 Å². The van der Waals surface area contributed by atoms with Gasteiger partial charge in [-0.05, 0) is 50.7 Å². The summed E-state index contributed by atoms with van der Waals surface area (Å²) < 4.78 is 33.0. The number of aryl methyl sites for hydroxylation is 1. The first kappa shape index (κ1) is 14.4. The minimum absolute atomic E-state index is 0.110. The molecule has 2 unspecified atom stereocenters. The van der Waals surface area contributed by atoms with Gasteiger partial charge in [0.15, 0.2) is 0 Å². The summed E-state index contributed by atoms with van der Waals surface area (Å²) in [7, 11) is 0. The zero-order chi connectivity index (χ0) is 13.8. The lowest BCUT2D eigenvalue weighted by Crippen LogP contribution is -2.20.